The average molecular weight is 328 g/mol. The van der Waals surface area contributed by atoms with Crippen LogP contribution in [0.5, 0.6) is 0 Å². The first kappa shape index (κ1) is 15.3. The van der Waals surface area contributed by atoms with Crippen molar-refractivity contribution in [2.45, 2.75) is 44.2 Å². The third-order valence-corrected chi connectivity index (χ3v) is 4.81. The van der Waals surface area contributed by atoms with Gasteiger partial charge in [0, 0.05) is 49.4 Å². The summed E-state index contributed by atoms with van der Waals surface area (Å²) in [4.78, 5) is 20.3. The van der Waals surface area contributed by atoms with Crippen LogP contribution in [0, 0.1) is 5.92 Å². The van der Waals surface area contributed by atoms with Crippen LogP contribution in [0.3, 0.4) is 0 Å². The number of fused-ring (bicyclic) bond motifs is 1. The minimum atomic E-state index is 0.0965. The molecular weight excluding hydrogens is 308 g/mol. The number of aryl methyl sites for hydroxylation is 1. The largest absolute Gasteiger partial charge is 0.378 e. The van der Waals surface area contributed by atoms with Crippen LogP contribution in [0.4, 0.5) is 0 Å². The summed E-state index contributed by atoms with van der Waals surface area (Å²) in [5, 5.41) is 7.08. The molecule has 0 aromatic carbocycles. The quantitative estimate of drug-likeness (QED) is 0.869. The molecule has 126 valence electrons. The van der Waals surface area contributed by atoms with Crippen molar-refractivity contribution >= 4 is 5.91 Å². The van der Waals surface area contributed by atoms with Gasteiger partial charge in [0.1, 0.15) is 0 Å². The summed E-state index contributed by atoms with van der Waals surface area (Å²) in [6.07, 6.45) is 7.55. The molecule has 1 aliphatic heterocycles. The number of carbonyl (C=O) groups excluding carboxylic acids is 1. The Morgan fingerprint density at radius 1 is 1.33 bits per heavy atom. The van der Waals surface area contributed by atoms with E-state index in [1.165, 1.54) is 0 Å². The fourth-order valence-corrected chi connectivity index (χ4v) is 3.42. The lowest BCUT2D eigenvalue weighted by molar-refractivity contribution is -0.124. The van der Waals surface area contributed by atoms with Crippen LogP contribution in [0.1, 0.15) is 31.6 Å². The molecule has 24 heavy (non-hydrogen) atoms. The van der Waals surface area contributed by atoms with E-state index in [-0.39, 0.29) is 5.91 Å². The van der Waals surface area contributed by atoms with E-state index in [0.717, 1.165) is 25.0 Å². The van der Waals surface area contributed by atoms with E-state index in [0.29, 0.717) is 49.0 Å². The van der Waals surface area contributed by atoms with Crippen molar-refractivity contribution in [1.29, 1.82) is 0 Å². The van der Waals surface area contributed by atoms with Gasteiger partial charge in [0.05, 0.1) is 6.10 Å². The number of hydrogen-bond acceptors (Lipinski definition) is 6. The second kappa shape index (κ2) is 6.68. The van der Waals surface area contributed by atoms with Crippen molar-refractivity contribution in [3.63, 3.8) is 0 Å². The van der Waals surface area contributed by atoms with E-state index in [9.17, 15) is 4.79 Å². The third-order valence-electron chi connectivity index (χ3n) is 4.81. The molecular formula is C17H20N4O3. The Morgan fingerprint density at radius 3 is 3.04 bits per heavy atom. The van der Waals surface area contributed by atoms with Crippen LogP contribution in [0.25, 0.3) is 11.4 Å². The van der Waals surface area contributed by atoms with Crippen molar-refractivity contribution in [3.8, 4) is 11.4 Å². The number of amides is 1. The minimum absolute atomic E-state index is 0.0965. The van der Waals surface area contributed by atoms with Crippen molar-refractivity contribution in [3.05, 3.63) is 30.4 Å². The number of rotatable bonds is 6. The van der Waals surface area contributed by atoms with Crippen LogP contribution in [-0.4, -0.2) is 39.8 Å². The molecule has 1 aliphatic carbocycles. The van der Waals surface area contributed by atoms with Crippen LogP contribution in [0.2, 0.25) is 0 Å². The lowest BCUT2D eigenvalue weighted by Gasteiger charge is -2.39. The van der Waals surface area contributed by atoms with Crippen molar-refractivity contribution in [2.75, 3.05) is 6.61 Å². The van der Waals surface area contributed by atoms with Gasteiger partial charge in [-0.25, -0.2) is 0 Å². The van der Waals surface area contributed by atoms with Crippen LogP contribution >= 0.6 is 0 Å². The molecule has 7 nitrogen and oxygen atoms in total. The van der Waals surface area contributed by atoms with E-state index >= 15 is 0 Å². The average Bonchev–Trinajstić information content (AvgIpc) is 3.20. The molecule has 3 heterocycles. The topological polar surface area (TPSA) is 90.1 Å². The number of nitrogens with one attached hydrogen (secondary N) is 1. The van der Waals surface area contributed by atoms with Crippen LogP contribution in [0.15, 0.2) is 29.0 Å². The summed E-state index contributed by atoms with van der Waals surface area (Å²) in [7, 11) is 0. The lowest BCUT2D eigenvalue weighted by atomic mass is 9.76. The molecule has 3 atom stereocenters. The molecule has 2 aliphatic rings. The molecule has 1 amide bonds. The van der Waals surface area contributed by atoms with E-state index in [1.54, 1.807) is 12.4 Å². The van der Waals surface area contributed by atoms with Crippen molar-refractivity contribution in [2.24, 2.45) is 5.92 Å². The van der Waals surface area contributed by atoms with Gasteiger partial charge in [-0.1, -0.05) is 5.16 Å². The maximum Gasteiger partial charge on any atom is 0.226 e. The van der Waals surface area contributed by atoms with Gasteiger partial charge in [0.15, 0.2) is 0 Å². The monoisotopic (exact) mass is 328 g/mol. The molecule has 2 aromatic heterocycles. The van der Waals surface area contributed by atoms with Crippen LogP contribution < -0.4 is 5.32 Å². The Balaban J connectivity index is 1.21. The summed E-state index contributed by atoms with van der Waals surface area (Å²) in [6.45, 7) is 0.832. The summed E-state index contributed by atoms with van der Waals surface area (Å²) >= 11 is 0. The number of aromatic nitrogens is 3. The van der Waals surface area contributed by atoms with Gasteiger partial charge in [-0.2, -0.15) is 4.98 Å². The molecule has 7 heteroatoms. The van der Waals surface area contributed by atoms with Gasteiger partial charge in [0.2, 0.25) is 17.6 Å². The Kier molecular flexibility index (Phi) is 4.25. The SMILES string of the molecule is O=C(CCCc1nc(-c2ccncc2)no1)N[C@@H]1C[C@H]2OCC[C@@H]12. The predicted molar refractivity (Wildman–Crippen MR) is 84.9 cm³/mol. The Hall–Kier alpha value is -2.28. The molecule has 0 unspecified atom stereocenters. The van der Waals surface area contributed by atoms with Gasteiger partial charge in [0.25, 0.3) is 0 Å². The number of carbonyl (C=O) groups is 1. The highest BCUT2D eigenvalue weighted by Crippen LogP contribution is 2.38. The Bertz CT molecular complexity index is 703. The van der Waals surface area contributed by atoms with Gasteiger partial charge in [-0.05, 0) is 31.4 Å². The predicted octanol–water partition coefficient (Wildman–Crippen LogP) is 1.75. The summed E-state index contributed by atoms with van der Waals surface area (Å²) in [5.74, 6) is 1.73. The molecule has 4 rings (SSSR count). The maximum atomic E-state index is 12.0. The fraction of sp³-hybridized carbons (Fsp3) is 0.529. The third kappa shape index (κ3) is 3.17. The lowest BCUT2D eigenvalue weighted by Crippen LogP contribution is -2.53. The highest BCUT2D eigenvalue weighted by Gasteiger charge is 2.45. The number of ether oxygens (including phenoxy) is 1. The van der Waals surface area contributed by atoms with E-state index in [4.69, 9.17) is 9.26 Å². The molecule has 0 bridgehead atoms. The zero-order valence-electron chi connectivity index (χ0n) is 13.4. The normalized spacial score (nSPS) is 25.1. The van der Waals surface area contributed by atoms with Gasteiger partial charge in [-0.15, -0.1) is 0 Å². The highest BCUT2D eigenvalue weighted by molar-refractivity contribution is 5.76. The molecule has 1 saturated carbocycles. The molecule has 2 fully saturated rings. The number of pyridine rings is 1. The second-order valence-corrected chi connectivity index (χ2v) is 6.37. The first-order valence-corrected chi connectivity index (χ1v) is 8.43. The first-order chi connectivity index (χ1) is 11.8. The molecule has 0 spiro atoms. The van der Waals surface area contributed by atoms with Crippen molar-refractivity contribution in [1.82, 2.24) is 20.4 Å². The first-order valence-electron chi connectivity index (χ1n) is 8.43. The van der Waals surface area contributed by atoms with E-state index in [1.807, 2.05) is 12.1 Å². The standard InChI is InChI=1S/C17H20N4O3/c22-15(19-13-10-14-12(13)6-9-23-14)2-1-3-16-20-17(21-24-16)11-4-7-18-8-5-11/h4-5,7-8,12-14H,1-3,6,9-10H2,(H,19,22)/t12-,13+,14+/m0/s1. The number of nitrogens with zero attached hydrogens (tertiary/aromatic N) is 3. The summed E-state index contributed by atoms with van der Waals surface area (Å²) < 4.78 is 10.8. The van der Waals surface area contributed by atoms with Gasteiger partial charge >= 0.3 is 0 Å². The Labute approximate surface area is 139 Å². The fourth-order valence-electron chi connectivity index (χ4n) is 3.42. The van der Waals surface area contributed by atoms with Gasteiger partial charge < -0.3 is 14.6 Å². The Morgan fingerprint density at radius 2 is 2.21 bits per heavy atom. The molecule has 0 radical (unpaired) electrons. The second-order valence-electron chi connectivity index (χ2n) is 6.37. The number of hydrogen-bond donors (Lipinski definition) is 1. The summed E-state index contributed by atoms with van der Waals surface area (Å²) in [5.41, 5.74) is 0.871. The molecule has 2 aromatic rings. The molecule has 1 saturated heterocycles. The summed E-state index contributed by atoms with van der Waals surface area (Å²) in [6, 6.07) is 3.97. The smallest absolute Gasteiger partial charge is 0.226 e. The van der Waals surface area contributed by atoms with Gasteiger partial charge in [-0.3, -0.25) is 9.78 Å². The van der Waals surface area contributed by atoms with E-state index < -0.39 is 0 Å². The zero-order chi connectivity index (χ0) is 16.4. The minimum Gasteiger partial charge on any atom is -0.378 e. The van der Waals surface area contributed by atoms with Crippen molar-refractivity contribution < 1.29 is 14.1 Å². The maximum absolute atomic E-state index is 12.0. The zero-order valence-corrected chi connectivity index (χ0v) is 13.4. The highest BCUT2D eigenvalue weighted by atomic mass is 16.5. The van der Waals surface area contributed by atoms with E-state index in [2.05, 4.69) is 20.4 Å². The van der Waals surface area contributed by atoms with Crippen LogP contribution in [-0.2, 0) is 16.0 Å². The molecule has 1 N–H and O–H groups in total.